The molecular weight excluding hydrogens is 342 g/mol. The number of phenols is 1. The summed E-state index contributed by atoms with van der Waals surface area (Å²) in [5, 5.41) is 21.9. The molecule has 0 radical (unpaired) electrons. The van der Waals surface area contributed by atoms with E-state index in [2.05, 4.69) is 20.5 Å². The Morgan fingerprint density at radius 1 is 1.07 bits per heavy atom. The van der Waals surface area contributed by atoms with Crippen LogP contribution in [0.25, 0.3) is 27.9 Å². The normalized spacial score (nSPS) is 15.6. The molecule has 1 fully saturated rings. The van der Waals surface area contributed by atoms with Crippen LogP contribution < -0.4 is 10.9 Å². The summed E-state index contributed by atoms with van der Waals surface area (Å²) < 4.78 is 1.89. The van der Waals surface area contributed by atoms with Crippen LogP contribution >= 0.6 is 0 Å². The van der Waals surface area contributed by atoms with Crippen molar-refractivity contribution in [2.75, 3.05) is 13.1 Å². The van der Waals surface area contributed by atoms with Gasteiger partial charge in [0.1, 0.15) is 11.3 Å². The molecular formula is C20H19N5O2. The van der Waals surface area contributed by atoms with Gasteiger partial charge in [0.05, 0.1) is 11.2 Å². The standard InChI is InChI=1S/C20H19N5O2/c26-18-4-2-1-3-14(18)15-10-16-19(24-23-15)22-20(27)17-9-13(11-25(16)17)12-5-7-21-8-6-12/h1-4,9-12,21,26H,5-8H2,(H,22,24,27). The van der Waals surface area contributed by atoms with Gasteiger partial charge in [-0.25, -0.2) is 0 Å². The Bertz CT molecular complexity index is 1200. The maximum Gasteiger partial charge on any atom is 0.273 e. The third-order valence-electron chi connectivity index (χ3n) is 5.33. The van der Waals surface area contributed by atoms with Crippen molar-refractivity contribution in [3.63, 3.8) is 0 Å². The molecule has 1 aromatic carbocycles. The Morgan fingerprint density at radius 3 is 2.70 bits per heavy atom. The first-order valence-electron chi connectivity index (χ1n) is 9.11. The third kappa shape index (κ3) is 2.67. The number of nitrogens with one attached hydrogen (secondary N) is 2. The quantitative estimate of drug-likeness (QED) is 0.510. The number of rotatable bonds is 2. The van der Waals surface area contributed by atoms with Gasteiger partial charge in [-0.05, 0) is 61.7 Å². The van der Waals surface area contributed by atoms with Crippen molar-refractivity contribution in [3.05, 3.63) is 58.5 Å². The number of aromatic hydroxyl groups is 1. The zero-order valence-corrected chi connectivity index (χ0v) is 14.6. The molecule has 0 unspecified atom stereocenters. The third-order valence-corrected chi connectivity index (χ3v) is 5.33. The highest BCUT2D eigenvalue weighted by Gasteiger charge is 2.19. The molecule has 0 bridgehead atoms. The van der Waals surface area contributed by atoms with Gasteiger partial charge >= 0.3 is 0 Å². The predicted molar refractivity (Wildman–Crippen MR) is 103 cm³/mol. The van der Waals surface area contributed by atoms with E-state index < -0.39 is 0 Å². The maximum absolute atomic E-state index is 12.5. The molecule has 0 spiro atoms. The van der Waals surface area contributed by atoms with Crippen LogP contribution in [0.5, 0.6) is 5.75 Å². The van der Waals surface area contributed by atoms with E-state index in [0.717, 1.165) is 31.4 Å². The largest absolute Gasteiger partial charge is 0.507 e. The van der Waals surface area contributed by atoms with Crippen LogP contribution in [0.3, 0.4) is 0 Å². The fourth-order valence-corrected chi connectivity index (χ4v) is 3.88. The van der Waals surface area contributed by atoms with Gasteiger partial charge in [0.2, 0.25) is 0 Å². The monoisotopic (exact) mass is 361 g/mol. The van der Waals surface area contributed by atoms with Crippen molar-refractivity contribution in [2.45, 2.75) is 18.8 Å². The molecule has 4 aromatic rings. The second-order valence-electron chi connectivity index (χ2n) is 6.99. The lowest BCUT2D eigenvalue weighted by Gasteiger charge is -2.21. The maximum atomic E-state index is 12.5. The minimum atomic E-state index is -0.174. The summed E-state index contributed by atoms with van der Waals surface area (Å²) in [7, 11) is 0. The summed E-state index contributed by atoms with van der Waals surface area (Å²) in [4.78, 5) is 15.3. The van der Waals surface area contributed by atoms with Crippen LogP contribution in [0, 0.1) is 0 Å². The highest BCUT2D eigenvalue weighted by molar-refractivity contribution is 5.80. The molecule has 0 atom stereocenters. The predicted octanol–water partition coefficient (Wildman–Crippen LogP) is 2.41. The van der Waals surface area contributed by atoms with Crippen molar-refractivity contribution in [3.8, 4) is 17.0 Å². The van der Waals surface area contributed by atoms with E-state index in [9.17, 15) is 9.90 Å². The van der Waals surface area contributed by atoms with E-state index in [-0.39, 0.29) is 11.3 Å². The summed E-state index contributed by atoms with van der Waals surface area (Å²) in [5.74, 6) is 0.600. The fourth-order valence-electron chi connectivity index (χ4n) is 3.88. The van der Waals surface area contributed by atoms with Crippen molar-refractivity contribution >= 4 is 16.7 Å². The number of phenolic OH excluding ortho intramolecular Hbond substituents is 1. The van der Waals surface area contributed by atoms with E-state index in [1.54, 1.807) is 18.2 Å². The van der Waals surface area contributed by atoms with Crippen molar-refractivity contribution in [1.82, 2.24) is 24.9 Å². The summed E-state index contributed by atoms with van der Waals surface area (Å²) in [6.45, 7) is 1.99. The number of nitrogens with zero attached hydrogens (tertiary/aromatic N) is 3. The molecule has 0 saturated carbocycles. The smallest absolute Gasteiger partial charge is 0.273 e. The molecule has 1 saturated heterocycles. The Balaban J connectivity index is 1.72. The molecule has 136 valence electrons. The number of hydrogen-bond acceptors (Lipinski definition) is 5. The average Bonchev–Trinajstić information content (AvgIpc) is 3.16. The van der Waals surface area contributed by atoms with Gasteiger partial charge in [0.25, 0.3) is 5.56 Å². The van der Waals surface area contributed by atoms with Gasteiger partial charge in [-0.1, -0.05) is 12.1 Å². The van der Waals surface area contributed by atoms with Crippen LogP contribution in [0.15, 0.2) is 47.4 Å². The fraction of sp³-hybridized carbons (Fsp3) is 0.250. The molecule has 3 N–H and O–H groups in total. The van der Waals surface area contributed by atoms with Crippen LogP contribution in [0.2, 0.25) is 0 Å². The van der Waals surface area contributed by atoms with Crippen molar-refractivity contribution in [2.24, 2.45) is 0 Å². The summed E-state index contributed by atoms with van der Waals surface area (Å²) in [5.41, 5.74) is 3.97. The number of hydrogen-bond donors (Lipinski definition) is 3. The average molecular weight is 361 g/mol. The second kappa shape index (κ2) is 6.21. The summed E-state index contributed by atoms with van der Waals surface area (Å²) >= 11 is 0. The number of fused-ring (bicyclic) bond motifs is 3. The number of aromatic nitrogens is 4. The molecule has 4 heterocycles. The van der Waals surface area contributed by atoms with Crippen LogP contribution in [-0.4, -0.2) is 37.8 Å². The molecule has 0 aliphatic carbocycles. The SMILES string of the molecule is O=c1[nH]c2nnc(-c3ccccc3O)cc2n2cc(C3CCNCC3)cc12. The number of benzene rings is 1. The molecule has 7 nitrogen and oxygen atoms in total. The number of para-hydroxylation sites is 1. The Labute approximate surface area is 154 Å². The first-order valence-corrected chi connectivity index (χ1v) is 9.11. The van der Waals surface area contributed by atoms with Gasteiger partial charge in [0.15, 0.2) is 5.65 Å². The van der Waals surface area contributed by atoms with Crippen LogP contribution in [-0.2, 0) is 0 Å². The van der Waals surface area contributed by atoms with Crippen LogP contribution in [0.4, 0.5) is 0 Å². The van der Waals surface area contributed by atoms with Crippen LogP contribution in [0.1, 0.15) is 24.3 Å². The van der Waals surface area contributed by atoms with E-state index in [4.69, 9.17) is 0 Å². The molecule has 3 aromatic heterocycles. The zero-order valence-electron chi connectivity index (χ0n) is 14.6. The highest BCUT2D eigenvalue weighted by Crippen LogP contribution is 2.30. The molecule has 1 aliphatic heterocycles. The minimum absolute atomic E-state index is 0.148. The summed E-state index contributed by atoms with van der Waals surface area (Å²) in [6.07, 6.45) is 4.17. The molecule has 27 heavy (non-hydrogen) atoms. The van der Waals surface area contributed by atoms with E-state index >= 15 is 0 Å². The second-order valence-corrected chi connectivity index (χ2v) is 6.99. The lowest BCUT2D eigenvalue weighted by molar-refractivity contribution is 0.460. The first kappa shape index (κ1) is 16.0. The van der Waals surface area contributed by atoms with E-state index in [1.807, 2.05) is 28.8 Å². The van der Waals surface area contributed by atoms with Crippen molar-refractivity contribution in [1.29, 1.82) is 0 Å². The number of H-pyrrole nitrogens is 1. The Kier molecular flexibility index (Phi) is 3.68. The molecule has 1 aliphatic rings. The number of piperidine rings is 1. The first-order chi connectivity index (χ1) is 13.2. The Hall–Kier alpha value is -3.19. The topological polar surface area (TPSA) is 95.3 Å². The van der Waals surface area contributed by atoms with E-state index in [1.165, 1.54) is 5.56 Å². The lowest BCUT2D eigenvalue weighted by Crippen LogP contribution is -2.26. The number of aromatic amines is 1. The minimum Gasteiger partial charge on any atom is -0.507 e. The van der Waals surface area contributed by atoms with Crippen molar-refractivity contribution < 1.29 is 5.11 Å². The van der Waals surface area contributed by atoms with E-state index in [0.29, 0.717) is 28.3 Å². The van der Waals surface area contributed by atoms with Gasteiger partial charge in [-0.2, -0.15) is 0 Å². The van der Waals surface area contributed by atoms with Gasteiger partial charge in [-0.3, -0.25) is 4.79 Å². The van der Waals surface area contributed by atoms with Gasteiger partial charge < -0.3 is 19.8 Å². The van der Waals surface area contributed by atoms with Gasteiger partial charge in [0, 0.05) is 11.8 Å². The molecule has 5 rings (SSSR count). The Morgan fingerprint density at radius 2 is 1.89 bits per heavy atom. The van der Waals surface area contributed by atoms with Gasteiger partial charge in [-0.15, -0.1) is 10.2 Å². The summed E-state index contributed by atoms with van der Waals surface area (Å²) in [6, 6.07) is 10.9. The zero-order chi connectivity index (χ0) is 18.4. The molecule has 0 amide bonds. The molecule has 7 heteroatoms. The lowest BCUT2D eigenvalue weighted by atomic mass is 9.92. The highest BCUT2D eigenvalue weighted by atomic mass is 16.3.